The fraction of sp³-hybridized carbons (Fsp3) is 0.667. The monoisotopic (exact) mass is 431 g/mol. The van der Waals surface area contributed by atoms with E-state index in [0.29, 0.717) is 34.4 Å². The van der Waals surface area contributed by atoms with Gasteiger partial charge >= 0.3 is 0 Å². The van der Waals surface area contributed by atoms with Crippen LogP contribution in [0.15, 0.2) is 21.5 Å². The maximum absolute atomic E-state index is 13.4. The van der Waals surface area contributed by atoms with Crippen molar-refractivity contribution >= 4 is 26.0 Å². The van der Waals surface area contributed by atoms with Gasteiger partial charge in [-0.3, -0.25) is 0 Å². The molecule has 1 heterocycles. The standard InChI is InChI=1S/C18H26BrNO4S/c1-12-8-9-20(15-7-5-4-6-13(12)15)25(21,22)18-11-17(24-3)16(23-2)10-14(18)19/h10-13,15H,4-9H2,1-3H3. The first kappa shape index (κ1) is 19.0. The van der Waals surface area contributed by atoms with Gasteiger partial charge in [-0.15, -0.1) is 0 Å². The highest BCUT2D eigenvalue weighted by atomic mass is 79.9. The average Bonchev–Trinajstić information content (AvgIpc) is 2.61. The summed E-state index contributed by atoms with van der Waals surface area (Å²) in [4.78, 5) is 0.254. The lowest BCUT2D eigenvalue weighted by atomic mass is 9.74. The minimum absolute atomic E-state index is 0.113. The van der Waals surface area contributed by atoms with Crippen molar-refractivity contribution < 1.29 is 17.9 Å². The molecular weight excluding hydrogens is 406 g/mol. The molecular formula is C18H26BrNO4S. The number of fused-ring (bicyclic) bond motifs is 1. The number of benzene rings is 1. The highest BCUT2D eigenvalue weighted by Crippen LogP contribution is 2.43. The van der Waals surface area contributed by atoms with Crippen LogP contribution in [0.1, 0.15) is 39.0 Å². The second-order valence-corrected chi connectivity index (χ2v) is 9.75. The van der Waals surface area contributed by atoms with E-state index in [1.54, 1.807) is 16.4 Å². The predicted octanol–water partition coefficient (Wildman–Crippen LogP) is 4.06. The van der Waals surface area contributed by atoms with Crippen LogP contribution in [-0.2, 0) is 10.0 Å². The third-order valence-corrected chi connectivity index (χ3v) is 8.59. The van der Waals surface area contributed by atoms with Crippen LogP contribution in [0.4, 0.5) is 0 Å². The van der Waals surface area contributed by atoms with Gasteiger partial charge < -0.3 is 9.47 Å². The third-order valence-electron chi connectivity index (χ3n) is 5.71. The Morgan fingerprint density at radius 1 is 1.08 bits per heavy atom. The Bertz CT molecular complexity index is 737. The topological polar surface area (TPSA) is 55.8 Å². The summed E-state index contributed by atoms with van der Waals surface area (Å²) < 4.78 is 39.7. The minimum Gasteiger partial charge on any atom is -0.493 e. The summed E-state index contributed by atoms with van der Waals surface area (Å²) in [6.07, 6.45) is 5.32. The largest absolute Gasteiger partial charge is 0.493 e. The van der Waals surface area contributed by atoms with E-state index in [1.165, 1.54) is 20.6 Å². The Morgan fingerprint density at radius 2 is 1.72 bits per heavy atom. The van der Waals surface area contributed by atoms with Crippen LogP contribution in [0.3, 0.4) is 0 Å². The van der Waals surface area contributed by atoms with Crippen LogP contribution >= 0.6 is 15.9 Å². The van der Waals surface area contributed by atoms with E-state index in [4.69, 9.17) is 9.47 Å². The van der Waals surface area contributed by atoms with Crippen molar-refractivity contribution in [2.75, 3.05) is 20.8 Å². The van der Waals surface area contributed by atoms with E-state index in [9.17, 15) is 8.42 Å². The van der Waals surface area contributed by atoms with Crippen molar-refractivity contribution in [1.29, 1.82) is 0 Å². The van der Waals surface area contributed by atoms with Gasteiger partial charge in [-0.25, -0.2) is 8.42 Å². The van der Waals surface area contributed by atoms with E-state index in [-0.39, 0.29) is 10.9 Å². The quantitative estimate of drug-likeness (QED) is 0.720. The minimum atomic E-state index is -3.59. The number of nitrogens with zero attached hydrogens (tertiary/aromatic N) is 1. The first-order valence-electron chi connectivity index (χ1n) is 8.83. The first-order valence-corrected chi connectivity index (χ1v) is 11.1. The first-order chi connectivity index (χ1) is 11.9. The summed E-state index contributed by atoms with van der Waals surface area (Å²) >= 11 is 3.41. The number of hydrogen-bond donors (Lipinski definition) is 0. The summed E-state index contributed by atoms with van der Waals surface area (Å²) in [7, 11) is -0.539. The van der Waals surface area contributed by atoms with Gasteiger partial charge in [0, 0.05) is 23.1 Å². The molecule has 0 radical (unpaired) electrons. The molecule has 3 unspecified atom stereocenters. The van der Waals surface area contributed by atoms with E-state index >= 15 is 0 Å². The zero-order chi connectivity index (χ0) is 18.2. The number of ether oxygens (including phenoxy) is 2. The lowest BCUT2D eigenvalue weighted by Gasteiger charge is -2.46. The Balaban J connectivity index is 2.01. The van der Waals surface area contributed by atoms with Gasteiger partial charge in [0.25, 0.3) is 0 Å². The van der Waals surface area contributed by atoms with Crippen LogP contribution in [0, 0.1) is 11.8 Å². The fourth-order valence-electron chi connectivity index (χ4n) is 4.33. The number of piperidine rings is 1. The molecule has 25 heavy (non-hydrogen) atoms. The Labute approximate surface area is 158 Å². The van der Waals surface area contributed by atoms with Gasteiger partial charge in [0.2, 0.25) is 10.0 Å². The molecule has 3 atom stereocenters. The van der Waals surface area contributed by atoms with Crippen LogP contribution < -0.4 is 9.47 Å². The highest BCUT2D eigenvalue weighted by Gasteiger charge is 2.43. The lowest BCUT2D eigenvalue weighted by Crippen LogP contribution is -2.52. The molecule has 0 aromatic heterocycles. The third kappa shape index (κ3) is 3.43. The smallest absolute Gasteiger partial charge is 0.244 e. The number of rotatable bonds is 4. The fourth-order valence-corrected chi connectivity index (χ4v) is 7.04. The molecule has 0 amide bonds. The van der Waals surface area contributed by atoms with Gasteiger partial charge in [0.1, 0.15) is 4.90 Å². The van der Waals surface area contributed by atoms with E-state index in [1.807, 2.05) is 0 Å². The van der Waals surface area contributed by atoms with E-state index < -0.39 is 10.0 Å². The maximum Gasteiger partial charge on any atom is 0.244 e. The maximum atomic E-state index is 13.4. The normalized spacial score (nSPS) is 27.6. The van der Waals surface area contributed by atoms with Crippen LogP contribution in [0.2, 0.25) is 0 Å². The molecule has 7 heteroatoms. The van der Waals surface area contributed by atoms with E-state index in [2.05, 4.69) is 22.9 Å². The molecule has 1 aromatic rings. The molecule has 1 aliphatic carbocycles. The van der Waals surface area contributed by atoms with E-state index in [0.717, 1.165) is 25.7 Å². The second kappa shape index (κ2) is 7.45. The molecule has 3 rings (SSSR count). The second-order valence-electron chi connectivity index (χ2n) is 7.03. The van der Waals surface area contributed by atoms with Gasteiger partial charge in [-0.2, -0.15) is 4.31 Å². The molecule has 2 fully saturated rings. The van der Waals surface area contributed by atoms with Crippen molar-refractivity contribution in [3.63, 3.8) is 0 Å². The number of methoxy groups -OCH3 is 2. The van der Waals surface area contributed by atoms with Crippen LogP contribution in [-0.4, -0.2) is 39.5 Å². The summed E-state index contributed by atoms with van der Waals surface area (Å²) in [6.45, 7) is 2.85. The van der Waals surface area contributed by atoms with Gasteiger partial charge in [-0.05, 0) is 53.1 Å². The zero-order valence-corrected chi connectivity index (χ0v) is 17.4. The number of hydrogen-bond acceptors (Lipinski definition) is 4. The van der Waals surface area contributed by atoms with Crippen molar-refractivity contribution in [1.82, 2.24) is 4.31 Å². The Morgan fingerprint density at radius 3 is 2.40 bits per heavy atom. The Hall–Kier alpha value is -0.790. The molecule has 1 saturated carbocycles. The summed E-state index contributed by atoms with van der Waals surface area (Å²) in [5.41, 5.74) is 0. The Kier molecular flexibility index (Phi) is 5.66. The van der Waals surface area contributed by atoms with Gasteiger partial charge in [-0.1, -0.05) is 19.8 Å². The molecule has 0 spiro atoms. The zero-order valence-electron chi connectivity index (χ0n) is 15.0. The summed E-state index contributed by atoms with van der Waals surface area (Å²) in [5, 5.41) is 0. The van der Waals surface area contributed by atoms with Gasteiger partial charge in [0.15, 0.2) is 11.5 Å². The van der Waals surface area contributed by atoms with Crippen LogP contribution in [0.25, 0.3) is 0 Å². The van der Waals surface area contributed by atoms with Crippen molar-refractivity contribution in [2.24, 2.45) is 11.8 Å². The molecule has 140 valence electrons. The average molecular weight is 432 g/mol. The molecule has 0 N–H and O–H groups in total. The molecule has 2 aliphatic rings. The summed E-state index contributed by atoms with van der Waals surface area (Å²) in [5.74, 6) is 1.99. The molecule has 1 saturated heterocycles. The molecule has 5 nitrogen and oxygen atoms in total. The van der Waals surface area contributed by atoms with Crippen molar-refractivity contribution in [3.05, 3.63) is 16.6 Å². The predicted molar refractivity (Wildman–Crippen MR) is 101 cm³/mol. The van der Waals surface area contributed by atoms with Crippen LogP contribution in [0.5, 0.6) is 11.5 Å². The summed E-state index contributed by atoms with van der Waals surface area (Å²) in [6, 6.07) is 3.34. The van der Waals surface area contributed by atoms with Crippen molar-refractivity contribution in [2.45, 2.75) is 50.0 Å². The highest BCUT2D eigenvalue weighted by molar-refractivity contribution is 9.10. The molecule has 1 aromatic carbocycles. The molecule has 0 bridgehead atoms. The van der Waals surface area contributed by atoms with Gasteiger partial charge in [0.05, 0.1) is 14.2 Å². The molecule has 1 aliphatic heterocycles. The number of halogens is 1. The van der Waals surface area contributed by atoms with Crippen molar-refractivity contribution in [3.8, 4) is 11.5 Å². The number of sulfonamides is 1. The lowest BCUT2D eigenvalue weighted by molar-refractivity contribution is 0.0826. The SMILES string of the molecule is COc1cc(Br)c(S(=O)(=O)N2CCC(C)C3CCCCC32)cc1OC.